The molecule has 1 atom stereocenters. The number of carbonyl (C=O) groups excluding carboxylic acids is 2. The van der Waals surface area contributed by atoms with Gasteiger partial charge in [-0.15, -0.1) is 0 Å². The molecule has 3 rings (SSSR count). The van der Waals surface area contributed by atoms with Gasteiger partial charge in [-0.05, 0) is 68.3 Å². The van der Waals surface area contributed by atoms with E-state index in [9.17, 15) is 22.4 Å². The lowest BCUT2D eigenvalue weighted by molar-refractivity contribution is -0.140. The molecule has 0 aromatic heterocycles. The molecular formula is C28H30Cl2FN3O4S. The summed E-state index contributed by atoms with van der Waals surface area (Å²) in [6.07, 6.45) is 0.264. The van der Waals surface area contributed by atoms with E-state index >= 15 is 0 Å². The quantitative estimate of drug-likeness (QED) is 0.311. The number of hydrogen-bond donors (Lipinski definition) is 1. The largest absolute Gasteiger partial charge is 0.352 e. The minimum atomic E-state index is -4.25. The van der Waals surface area contributed by atoms with Crippen molar-refractivity contribution in [1.29, 1.82) is 0 Å². The Labute approximate surface area is 238 Å². The summed E-state index contributed by atoms with van der Waals surface area (Å²) in [6.45, 7) is 4.67. The van der Waals surface area contributed by atoms with Gasteiger partial charge in [-0.3, -0.25) is 13.9 Å². The Balaban J connectivity index is 2.08. The molecule has 0 radical (unpaired) electrons. The molecule has 1 N–H and O–H groups in total. The summed E-state index contributed by atoms with van der Waals surface area (Å²) in [4.78, 5) is 28.3. The van der Waals surface area contributed by atoms with Gasteiger partial charge in [-0.25, -0.2) is 12.8 Å². The Morgan fingerprint density at radius 3 is 2.08 bits per heavy atom. The monoisotopic (exact) mass is 593 g/mol. The Kier molecular flexibility index (Phi) is 10.4. The topological polar surface area (TPSA) is 86.8 Å². The zero-order chi connectivity index (χ0) is 28.7. The molecule has 0 saturated heterocycles. The molecule has 0 aliphatic rings. The Hall–Kier alpha value is -3.14. The number of anilines is 1. The Bertz CT molecular complexity index is 1380. The van der Waals surface area contributed by atoms with Gasteiger partial charge >= 0.3 is 0 Å². The van der Waals surface area contributed by atoms with E-state index < -0.39 is 34.3 Å². The van der Waals surface area contributed by atoms with Crippen molar-refractivity contribution < 1.29 is 22.4 Å². The van der Waals surface area contributed by atoms with Crippen LogP contribution in [0.15, 0.2) is 77.7 Å². The third-order valence-corrected chi connectivity index (χ3v) is 8.05. The van der Waals surface area contributed by atoms with E-state index in [4.69, 9.17) is 23.2 Å². The van der Waals surface area contributed by atoms with Gasteiger partial charge in [0.2, 0.25) is 11.8 Å². The van der Waals surface area contributed by atoms with E-state index in [0.29, 0.717) is 5.56 Å². The van der Waals surface area contributed by atoms with Crippen LogP contribution in [0.2, 0.25) is 10.0 Å². The molecule has 0 bridgehead atoms. The number of amides is 2. The second kappa shape index (κ2) is 13.3. The average Bonchev–Trinajstić information content (AvgIpc) is 2.87. The number of nitrogens with zero attached hydrogens (tertiary/aromatic N) is 2. The summed E-state index contributed by atoms with van der Waals surface area (Å²) in [5, 5.41) is 3.19. The SMILES string of the molecule is CC[C@H](C(=O)NC(C)C)N(Cc1ccc(F)cc1)C(=O)CN(c1cc(Cl)cc(Cl)c1)S(=O)(=O)c1ccccc1. The van der Waals surface area contributed by atoms with E-state index in [1.54, 1.807) is 39.0 Å². The first-order valence-electron chi connectivity index (χ1n) is 12.3. The van der Waals surface area contributed by atoms with Crippen molar-refractivity contribution in [2.24, 2.45) is 0 Å². The highest BCUT2D eigenvalue weighted by molar-refractivity contribution is 7.92. The van der Waals surface area contributed by atoms with Crippen molar-refractivity contribution in [2.75, 3.05) is 10.8 Å². The lowest BCUT2D eigenvalue weighted by Crippen LogP contribution is -2.53. The second-order valence-corrected chi connectivity index (χ2v) is 11.9. The fourth-order valence-electron chi connectivity index (χ4n) is 4.02. The van der Waals surface area contributed by atoms with Gasteiger partial charge in [0, 0.05) is 22.6 Å². The Morgan fingerprint density at radius 1 is 0.949 bits per heavy atom. The minimum absolute atomic E-state index is 0.0384. The molecule has 39 heavy (non-hydrogen) atoms. The van der Waals surface area contributed by atoms with Crippen molar-refractivity contribution in [1.82, 2.24) is 10.2 Å². The Morgan fingerprint density at radius 2 is 1.54 bits per heavy atom. The highest BCUT2D eigenvalue weighted by Crippen LogP contribution is 2.30. The molecule has 208 valence electrons. The molecule has 0 saturated carbocycles. The molecule has 0 fully saturated rings. The van der Waals surface area contributed by atoms with Crippen LogP contribution in [-0.4, -0.2) is 43.8 Å². The average molecular weight is 595 g/mol. The van der Waals surface area contributed by atoms with Crippen LogP contribution in [0.3, 0.4) is 0 Å². The van der Waals surface area contributed by atoms with Crippen LogP contribution in [0, 0.1) is 5.82 Å². The lowest BCUT2D eigenvalue weighted by atomic mass is 10.1. The zero-order valence-electron chi connectivity index (χ0n) is 21.8. The number of benzene rings is 3. The standard InChI is InChI=1S/C28H30Cl2FN3O4S/c1-4-26(28(36)32-19(2)3)33(17-20-10-12-23(31)13-11-20)27(35)18-34(24-15-21(29)14-22(30)16-24)39(37,38)25-8-6-5-7-9-25/h5-16,19,26H,4,17-18H2,1-3H3,(H,32,36)/t26-/m1/s1. The maximum atomic E-state index is 13.9. The molecule has 0 unspecified atom stereocenters. The number of sulfonamides is 1. The molecule has 3 aromatic rings. The number of hydrogen-bond acceptors (Lipinski definition) is 4. The molecule has 3 aromatic carbocycles. The summed E-state index contributed by atoms with van der Waals surface area (Å²) >= 11 is 12.4. The van der Waals surface area contributed by atoms with Gasteiger partial charge in [0.05, 0.1) is 10.6 Å². The maximum absolute atomic E-state index is 13.9. The zero-order valence-corrected chi connectivity index (χ0v) is 24.1. The van der Waals surface area contributed by atoms with Crippen molar-refractivity contribution in [3.8, 4) is 0 Å². The predicted molar refractivity (Wildman–Crippen MR) is 152 cm³/mol. The molecule has 7 nitrogen and oxygen atoms in total. The summed E-state index contributed by atoms with van der Waals surface area (Å²) in [7, 11) is -4.25. The summed E-state index contributed by atoms with van der Waals surface area (Å²) in [6, 6.07) is 16.3. The number of halogens is 3. The third kappa shape index (κ3) is 7.94. The van der Waals surface area contributed by atoms with Gasteiger partial charge in [0.25, 0.3) is 10.0 Å². The van der Waals surface area contributed by atoms with Crippen LogP contribution < -0.4 is 9.62 Å². The van der Waals surface area contributed by atoms with Crippen LogP contribution in [0.5, 0.6) is 0 Å². The van der Waals surface area contributed by atoms with Crippen LogP contribution in [0.1, 0.15) is 32.8 Å². The van der Waals surface area contributed by atoms with Gasteiger partial charge < -0.3 is 10.2 Å². The first kappa shape index (κ1) is 30.4. The third-order valence-electron chi connectivity index (χ3n) is 5.83. The van der Waals surface area contributed by atoms with Crippen LogP contribution >= 0.6 is 23.2 Å². The van der Waals surface area contributed by atoms with Crippen LogP contribution in [0.25, 0.3) is 0 Å². The fourth-order valence-corrected chi connectivity index (χ4v) is 5.95. The molecular weight excluding hydrogens is 564 g/mol. The van der Waals surface area contributed by atoms with Crippen molar-refractivity contribution in [3.05, 3.63) is 94.2 Å². The fraction of sp³-hybridized carbons (Fsp3) is 0.286. The van der Waals surface area contributed by atoms with E-state index in [1.165, 1.54) is 59.5 Å². The lowest BCUT2D eigenvalue weighted by Gasteiger charge is -2.33. The van der Waals surface area contributed by atoms with Gasteiger partial charge in [0.1, 0.15) is 18.4 Å². The second-order valence-electron chi connectivity index (χ2n) is 9.19. The number of rotatable bonds is 11. The maximum Gasteiger partial charge on any atom is 0.264 e. The van der Waals surface area contributed by atoms with E-state index in [-0.39, 0.29) is 45.5 Å². The van der Waals surface area contributed by atoms with Crippen molar-refractivity contribution >= 4 is 50.7 Å². The molecule has 0 heterocycles. The normalized spacial score (nSPS) is 12.2. The molecule has 0 spiro atoms. The van der Waals surface area contributed by atoms with Gasteiger partial charge in [-0.1, -0.05) is 60.5 Å². The van der Waals surface area contributed by atoms with E-state index in [0.717, 1.165) is 4.31 Å². The van der Waals surface area contributed by atoms with Gasteiger partial charge in [-0.2, -0.15) is 0 Å². The number of nitrogens with one attached hydrogen (secondary N) is 1. The molecule has 0 aliphatic heterocycles. The summed E-state index contributed by atoms with van der Waals surface area (Å²) in [5.74, 6) is -1.47. The smallest absolute Gasteiger partial charge is 0.264 e. The summed E-state index contributed by atoms with van der Waals surface area (Å²) < 4.78 is 42.0. The van der Waals surface area contributed by atoms with E-state index in [2.05, 4.69) is 5.32 Å². The molecule has 2 amide bonds. The van der Waals surface area contributed by atoms with E-state index in [1.807, 2.05) is 0 Å². The summed E-state index contributed by atoms with van der Waals surface area (Å²) in [5.41, 5.74) is 0.662. The number of carbonyl (C=O) groups is 2. The highest BCUT2D eigenvalue weighted by atomic mass is 35.5. The molecule has 11 heteroatoms. The van der Waals surface area contributed by atoms with Crippen molar-refractivity contribution in [3.63, 3.8) is 0 Å². The first-order chi connectivity index (χ1) is 18.4. The van der Waals surface area contributed by atoms with Crippen LogP contribution in [0.4, 0.5) is 10.1 Å². The molecule has 0 aliphatic carbocycles. The van der Waals surface area contributed by atoms with Crippen LogP contribution in [-0.2, 0) is 26.2 Å². The highest BCUT2D eigenvalue weighted by Gasteiger charge is 2.34. The first-order valence-corrected chi connectivity index (χ1v) is 14.5. The predicted octanol–water partition coefficient (Wildman–Crippen LogP) is 5.66. The minimum Gasteiger partial charge on any atom is -0.352 e. The van der Waals surface area contributed by atoms with Crippen molar-refractivity contribution in [2.45, 2.75) is 50.7 Å². The van der Waals surface area contributed by atoms with Gasteiger partial charge in [0.15, 0.2) is 0 Å².